The van der Waals surface area contributed by atoms with Crippen LogP contribution in [0.25, 0.3) is 10.9 Å². The second-order valence-electron chi connectivity index (χ2n) is 7.62. The molecule has 3 rings (SSSR count). The Morgan fingerprint density at radius 3 is 2.79 bits per heavy atom. The molecule has 0 amide bonds. The van der Waals surface area contributed by atoms with E-state index >= 15 is 0 Å². The summed E-state index contributed by atoms with van der Waals surface area (Å²) < 4.78 is 5.37. The van der Waals surface area contributed by atoms with Crippen LogP contribution in [-0.2, 0) is 11.2 Å². The summed E-state index contributed by atoms with van der Waals surface area (Å²) in [4.78, 5) is 10.2. The van der Waals surface area contributed by atoms with Crippen LogP contribution in [0.3, 0.4) is 0 Å². The monoisotopic (exact) mass is 515 g/mol. The zero-order valence-corrected chi connectivity index (χ0v) is 19.7. The molecule has 1 fully saturated rings. The van der Waals surface area contributed by atoms with Gasteiger partial charge in [0.25, 0.3) is 0 Å². The van der Waals surface area contributed by atoms with Gasteiger partial charge in [-0.15, -0.1) is 24.0 Å². The van der Waals surface area contributed by atoms with Crippen LogP contribution < -0.4 is 10.6 Å². The van der Waals surface area contributed by atoms with E-state index in [0.717, 1.165) is 57.3 Å². The molecule has 1 saturated heterocycles. The number of guanidine groups is 1. The number of rotatable bonds is 8. The van der Waals surface area contributed by atoms with Gasteiger partial charge in [-0.25, -0.2) is 0 Å². The van der Waals surface area contributed by atoms with Crippen molar-refractivity contribution in [3.63, 3.8) is 0 Å². The third kappa shape index (κ3) is 7.44. The average Bonchev–Trinajstić information content (AvgIpc) is 3.10. The van der Waals surface area contributed by atoms with E-state index in [2.05, 4.69) is 49.9 Å². The highest BCUT2D eigenvalue weighted by Gasteiger charge is 2.25. The van der Waals surface area contributed by atoms with Gasteiger partial charge in [0.2, 0.25) is 0 Å². The maximum Gasteiger partial charge on any atom is 0.191 e. The number of fused-ring (bicyclic) bond motifs is 1. The molecule has 1 aromatic carbocycles. The van der Waals surface area contributed by atoms with Crippen LogP contribution in [0.2, 0.25) is 0 Å². The SMILES string of the molecule is CCNC(=NCC(C)(O)CN1CCOCC1)NCCc1c[nH]c2ccccc12.I. The molecular weight excluding hydrogens is 481 g/mol. The lowest BCUT2D eigenvalue weighted by atomic mass is 10.1. The van der Waals surface area contributed by atoms with Gasteiger partial charge in [0.05, 0.1) is 25.4 Å². The Morgan fingerprint density at radius 2 is 2.03 bits per heavy atom. The van der Waals surface area contributed by atoms with E-state index in [1.807, 2.05) is 19.9 Å². The molecule has 7 nitrogen and oxygen atoms in total. The number of aromatic nitrogens is 1. The van der Waals surface area contributed by atoms with Crippen LogP contribution >= 0.6 is 24.0 Å². The number of β-amino-alcohol motifs (C(OH)–C–C–N with tert-alkyl or cyclic N) is 1. The first-order chi connectivity index (χ1) is 13.6. The molecule has 0 radical (unpaired) electrons. The van der Waals surface area contributed by atoms with E-state index in [4.69, 9.17) is 4.74 Å². The number of benzene rings is 1. The minimum Gasteiger partial charge on any atom is -0.387 e. The molecule has 29 heavy (non-hydrogen) atoms. The van der Waals surface area contributed by atoms with Gasteiger partial charge in [0.1, 0.15) is 0 Å². The molecule has 2 aromatic rings. The summed E-state index contributed by atoms with van der Waals surface area (Å²) in [5.74, 6) is 0.740. The molecule has 1 atom stereocenters. The molecule has 0 bridgehead atoms. The zero-order chi connectivity index (χ0) is 19.8. The number of H-pyrrole nitrogens is 1. The van der Waals surface area contributed by atoms with Crippen molar-refractivity contribution in [1.82, 2.24) is 20.5 Å². The molecule has 162 valence electrons. The maximum atomic E-state index is 10.7. The van der Waals surface area contributed by atoms with Crippen molar-refractivity contribution >= 4 is 40.8 Å². The van der Waals surface area contributed by atoms with Crippen molar-refractivity contribution in [3.05, 3.63) is 36.0 Å². The largest absolute Gasteiger partial charge is 0.387 e. The first-order valence-electron chi connectivity index (χ1n) is 10.2. The number of nitrogens with one attached hydrogen (secondary N) is 3. The normalized spacial score (nSPS) is 17.6. The maximum absolute atomic E-state index is 10.7. The summed E-state index contributed by atoms with van der Waals surface area (Å²) in [6, 6.07) is 8.34. The second kappa shape index (κ2) is 11.7. The smallest absolute Gasteiger partial charge is 0.191 e. The molecule has 1 aliphatic heterocycles. The molecule has 1 aromatic heterocycles. The van der Waals surface area contributed by atoms with Gasteiger partial charge in [-0.1, -0.05) is 18.2 Å². The zero-order valence-electron chi connectivity index (χ0n) is 17.4. The van der Waals surface area contributed by atoms with Gasteiger partial charge in [-0.3, -0.25) is 9.89 Å². The predicted molar refractivity (Wildman–Crippen MR) is 129 cm³/mol. The van der Waals surface area contributed by atoms with Gasteiger partial charge in [-0.2, -0.15) is 0 Å². The van der Waals surface area contributed by atoms with E-state index in [0.29, 0.717) is 13.1 Å². The molecular formula is C21H34IN5O2. The van der Waals surface area contributed by atoms with E-state index in [-0.39, 0.29) is 24.0 Å². The van der Waals surface area contributed by atoms with E-state index in [9.17, 15) is 5.11 Å². The molecule has 2 heterocycles. The fraction of sp³-hybridized carbons (Fsp3) is 0.571. The van der Waals surface area contributed by atoms with Crippen molar-refractivity contribution in [2.24, 2.45) is 4.99 Å². The van der Waals surface area contributed by atoms with E-state index in [1.54, 1.807) is 0 Å². The standard InChI is InChI=1S/C21H33N5O2.HI/c1-3-22-20(25-15-21(2,27)16-26-10-12-28-13-11-26)23-9-8-17-14-24-19-7-5-4-6-18(17)19;/h4-7,14,24,27H,3,8-13,15-16H2,1-2H3,(H2,22,23,25);1H. The van der Waals surface area contributed by atoms with Crippen LogP contribution in [0.1, 0.15) is 19.4 Å². The number of para-hydroxylation sites is 1. The average molecular weight is 515 g/mol. The molecule has 4 N–H and O–H groups in total. The van der Waals surface area contributed by atoms with Crippen LogP contribution in [0, 0.1) is 0 Å². The first kappa shape index (κ1) is 23.9. The third-order valence-electron chi connectivity index (χ3n) is 4.95. The third-order valence-corrected chi connectivity index (χ3v) is 4.95. The van der Waals surface area contributed by atoms with E-state index in [1.165, 1.54) is 10.9 Å². The first-order valence-corrected chi connectivity index (χ1v) is 10.2. The minimum atomic E-state index is -0.865. The Kier molecular flexibility index (Phi) is 9.67. The van der Waals surface area contributed by atoms with Crippen molar-refractivity contribution in [1.29, 1.82) is 0 Å². The number of ether oxygens (including phenoxy) is 1. The van der Waals surface area contributed by atoms with Gasteiger partial charge in [0.15, 0.2) is 5.96 Å². The van der Waals surface area contributed by atoms with Gasteiger partial charge < -0.3 is 25.5 Å². The van der Waals surface area contributed by atoms with Gasteiger partial charge >= 0.3 is 0 Å². The number of aromatic amines is 1. The Morgan fingerprint density at radius 1 is 1.28 bits per heavy atom. The molecule has 0 saturated carbocycles. The highest BCUT2D eigenvalue weighted by molar-refractivity contribution is 14.0. The summed E-state index contributed by atoms with van der Waals surface area (Å²) in [7, 11) is 0. The Balaban J connectivity index is 0.00000300. The molecule has 0 spiro atoms. The number of morpholine rings is 1. The molecule has 1 aliphatic rings. The van der Waals surface area contributed by atoms with Crippen molar-refractivity contribution in [2.45, 2.75) is 25.9 Å². The lowest BCUT2D eigenvalue weighted by Gasteiger charge is -2.33. The van der Waals surface area contributed by atoms with Crippen molar-refractivity contribution in [3.8, 4) is 0 Å². The van der Waals surface area contributed by atoms with Crippen molar-refractivity contribution in [2.75, 3.05) is 52.5 Å². The van der Waals surface area contributed by atoms with Gasteiger partial charge in [0, 0.05) is 49.8 Å². The highest BCUT2D eigenvalue weighted by atomic mass is 127. The Hall–Kier alpha value is -1.36. The number of hydrogen-bond acceptors (Lipinski definition) is 4. The second-order valence-corrected chi connectivity index (χ2v) is 7.62. The van der Waals surface area contributed by atoms with E-state index < -0.39 is 5.60 Å². The molecule has 8 heteroatoms. The summed E-state index contributed by atoms with van der Waals surface area (Å²) >= 11 is 0. The highest BCUT2D eigenvalue weighted by Crippen LogP contribution is 2.17. The predicted octanol–water partition coefficient (Wildman–Crippen LogP) is 1.97. The fourth-order valence-corrected chi connectivity index (χ4v) is 3.54. The Bertz CT molecular complexity index is 771. The molecule has 1 unspecified atom stereocenters. The quantitative estimate of drug-likeness (QED) is 0.246. The fourth-order valence-electron chi connectivity index (χ4n) is 3.54. The number of nitrogens with zero attached hydrogens (tertiary/aromatic N) is 2. The Labute approximate surface area is 190 Å². The number of halogens is 1. The summed E-state index contributed by atoms with van der Waals surface area (Å²) in [6.45, 7) is 9.61. The van der Waals surface area contributed by atoms with Crippen molar-refractivity contribution < 1.29 is 9.84 Å². The van der Waals surface area contributed by atoms with Crippen LogP contribution in [0.15, 0.2) is 35.5 Å². The summed E-state index contributed by atoms with van der Waals surface area (Å²) in [6.07, 6.45) is 2.97. The number of aliphatic hydroxyl groups is 1. The van der Waals surface area contributed by atoms with Gasteiger partial charge in [-0.05, 0) is 31.9 Å². The lowest BCUT2D eigenvalue weighted by molar-refractivity contribution is -0.0179. The molecule has 0 aliphatic carbocycles. The minimum absolute atomic E-state index is 0. The van der Waals surface area contributed by atoms with Crippen LogP contribution in [-0.4, -0.2) is 79.0 Å². The lowest BCUT2D eigenvalue weighted by Crippen LogP contribution is -2.48. The number of aliphatic imine (C=N–C) groups is 1. The number of hydrogen-bond donors (Lipinski definition) is 4. The summed E-state index contributed by atoms with van der Waals surface area (Å²) in [5, 5.41) is 18.6. The summed E-state index contributed by atoms with van der Waals surface area (Å²) in [5.41, 5.74) is 1.59. The van der Waals surface area contributed by atoms with Crippen LogP contribution in [0.4, 0.5) is 0 Å². The topological polar surface area (TPSA) is 84.9 Å². The van der Waals surface area contributed by atoms with Crippen LogP contribution in [0.5, 0.6) is 0 Å².